The number of hydrogen-bond donors (Lipinski definition) is 1. The van der Waals surface area contributed by atoms with Crippen molar-refractivity contribution < 1.29 is 12.6 Å². The largest absolute Gasteiger partial charge is 0.330 e. The van der Waals surface area contributed by atoms with Crippen LogP contribution in [0.15, 0.2) is 35.2 Å². The Morgan fingerprint density at radius 3 is 1.52 bits per heavy atom. The molecule has 4 nitrogen and oxygen atoms in total. The lowest BCUT2D eigenvalue weighted by Crippen LogP contribution is -2.07. The van der Waals surface area contributed by atoms with Crippen molar-refractivity contribution in [3.63, 3.8) is 0 Å². The molecule has 0 saturated heterocycles. The highest BCUT2D eigenvalue weighted by molar-refractivity contribution is 7.86. The van der Waals surface area contributed by atoms with Gasteiger partial charge in [0, 0.05) is 0 Å². The van der Waals surface area contributed by atoms with Gasteiger partial charge in [-0.15, -0.1) is 0 Å². The van der Waals surface area contributed by atoms with E-state index in [1.54, 1.807) is 30.3 Å². The van der Waals surface area contributed by atoms with Gasteiger partial charge in [-0.3, -0.25) is 4.18 Å². The Labute approximate surface area is 193 Å². The molecule has 182 valence electrons. The van der Waals surface area contributed by atoms with Gasteiger partial charge in [0.15, 0.2) is 0 Å². The summed E-state index contributed by atoms with van der Waals surface area (Å²) in [4.78, 5) is 0.238. The van der Waals surface area contributed by atoms with Crippen molar-refractivity contribution in [2.75, 3.05) is 13.2 Å². The van der Waals surface area contributed by atoms with Crippen molar-refractivity contribution in [2.45, 2.75) is 121 Å². The van der Waals surface area contributed by atoms with Crippen LogP contribution in [0.25, 0.3) is 0 Å². The monoisotopic (exact) mass is 455 g/mol. The second-order valence-electron chi connectivity index (χ2n) is 8.33. The summed E-state index contributed by atoms with van der Waals surface area (Å²) < 4.78 is 28.8. The first kappa shape index (κ1) is 30.1. The smallest absolute Gasteiger partial charge is 0.296 e. The number of rotatable bonds is 19. The van der Waals surface area contributed by atoms with Gasteiger partial charge in [0.2, 0.25) is 0 Å². The van der Waals surface area contributed by atoms with Gasteiger partial charge in [0.1, 0.15) is 0 Å². The third-order valence-electron chi connectivity index (χ3n) is 5.33. The fourth-order valence-corrected chi connectivity index (χ4v) is 4.30. The maximum absolute atomic E-state index is 11.9. The Balaban J connectivity index is 0.000000842. The number of nitrogens with two attached hydrogens (primary N) is 1. The second-order valence-corrected chi connectivity index (χ2v) is 9.94. The third-order valence-corrected chi connectivity index (χ3v) is 6.65. The molecule has 0 aliphatic carbocycles. The molecule has 0 saturated carbocycles. The molecular weight excluding hydrogens is 406 g/mol. The molecule has 0 radical (unpaired) electrons. The van der Waals surface area contributed by atoms with Crippen LogP contribution in [0, 0.1) is 0 Å². The molecular formula is C26H49NO3S. The quantitative estimate of drug-likeness (QED) is 0.172. The minimum Gasteiger partial charge on any atom is -0.330 e. The molecule has 0 aliphatic heterocycles. The van der Waals surface area contributed by atoms with E-state index < -0.39 is 10.1 Å². The molecule has 2 N–H and O–H groups in total. The zero-order valence-electron chi connectivity index (χ0n) is 20.3. The average molecular weight is 456 g/mol. The summed E-state index contributed by atoms with van der Waals surface area (Å²) in [5.74, 6) is 0. The Morgan fingerprint density at radius 1 is 0.645 bits per heavy atom. The molecule has 1 rings (SSSR count). The topological polar surface area (TPSA) is 69.4 Å². The van der Waals surface area contributed by atoms with Crippen LogP contribution in [0.5, 0.6) is 0 Å². The van der Waals surface area contributed by atoms with E-state index >= 15 is 0 Å². The Kier molecular flexibility index (Phi) is 21.6. The lowest BCUT2D eigenvalue weighted by molar-refractivity contribution is 0.306. The van der Waals surface area contributed by atoms with E-state index in [4.69, 9.17) is 9.92 Å². The van der Waals surface area contributed by atoms with Crippen molar-refractivity contribution in [2.24, 2.45) is 5.73 Å². The summed E-state index contributed by atoms with van der Waals surface area (Å²) in [5.41, 5.74) is 5.34. The number of hydrogen-bond acceptors (Lipinski definition) is 4. The van der Waals surface area contributed by atoms with Crippen molar-refractivity contribution in [3.8, 4) is 0 Å². The van der Waals surface area contributed by atoms with Crippen LogP contribution in [-0.4, -0.2) is 21.6 Å². The number of benzene rings is 1. The van der Waals surface area contributed by atoms with E-state index in [0.29, 0.717) is 0 Å². The van der Waals surface area contributed by atoms with Crippen LogP contribution in [0.2, 0.25) is 0 Å². The van der Waals surface area contributed by atoms with Crippen LogP contribution < -0.4 is 5.73 Å². The molecule has 0 heterocycles. The van der Waals surface area contributed by atoms with E-state index in [2.05, 4.69) is 13.8 Å². The molecule has 5 heteroatoms. The molecule has 0 bridgehead atoms. The molecule has 0 aromatic heterocycles. The molecule has 31 heavy (non-hydrogen) atoms. The first-order valence-electron chi connectivity index (χ1n) is 12.7. The molecule has 1 aromatic carbocycles. The Morgan fingerprint density at radius 2 is 1.06 bits per heavy atom. The molecule has 1 aromatic rings. The van der Waals surface area contributed by atoms with Gasteiger partial charge in [0.25, 0.3) is 10.1 Å². The fraction of sp³-hybridized carbons (Fsp3) is 0.769. The predicted octanol–water partition coefficient (Wildman–Crippen LogP) is 7.62. The second kappa shape index (κ2) is 22.3. The summed E-state index contributed by atoms with van der Waals surface area (Å²) >= 11 is 0. The summed E-state index contributed by atoms with van der Waals surface area (Å²) in [7, 11) is -3.57. The van der Waals surface area contributed by atoms with Crippen molar-refractivity contribution in [3.05, 3.63) is 30.3 Å². The van der Waals surface area contributed by atoms with Gasteiger partial charge in [-0.05, 0) is 31.5 Å². The highest BCUT2D eigenvalue weighted by Gasteiger charge is 2.13. The van der Waals surface area contributed by atoms with E-state index in [1.807, 2.05) is 0 Å². The van der Waals surface area contributed by atoms with E-state index in [-0.39, 0.29) is 11.5 Å². The van der Waals surface area contributed by atoms with Gasteiger partial charge in [-0.25, -0.2) is 0 Å². The molecule has 0 unspecified atom stereocenters. The summed E-state index contributed by atoms with van der Waals surface area (Å²) in [6.45, 7) is 5.63. The first-order valence-corrected chi connectivity index (χ1v) is 14.1. The van der Waals surface area contributed by atoms with Gasteiger partial charge in [0.05, 0.1) is 11.5 Å². The van der Waals surface area contributed by atoms with Crippen LogP contribution in [0.4, 0.5) is 0 Å². The lowest BCUT2D eigenvalue weighted by Gasteiger charge is -2.05. The SMILES string of the molecule is CCCCCCCCCCCCOS(=O)(=O)c1ccccc1.CCCCCCCCN. The van der Waals surface area contributed by atoms with Crippen molar-refractivity contribution in [1.82, 2.24) is 0 Å². The average Bonchev–Trinajstić information content (AvgIpc) is 2.78. The summed E-state index contributed by atoms with van der Waals surface area (Å²) in [5, 5.41) is 0. The van der Waals surface area contributed by atoms with Crippen LogP contribution in [0.1, 0.15) is 117 Å². The van der Waals surface area contributed by atoms with E-state index in [9.17, 15) is 8.42 Å². The van der Waals surface area contributed by atoms with Gasteiger partial charge in [-0.1, -0.05) is 122 Å². The van der Waals surface area contributed by atoms with Crippen LogP contribution in [-0.2, 0) is 14.3 Å². The Hall–Kier alpha value is -0.910. The third kappa shape index (κ3) is 19.5. The normalized spacial score (nSPS) is 11.2. The minimum absolute atomic E-state index is 0.238. The first-order chi connectivity index (χ1) is 15.1. The lowest BCUT2D eigenvalue weighted by atomic mass is 10.1. The zero-order valence-corrected chi connectivity index (χ0v) is 21.1. The van der Waals surface area contributed by atoms with Gasteiger partial charge in [-0.2, -0.15) is 8.42 Å². The van der Waals surface area contributed by atoms with Crippen molar-refractivity contribution in [1.29, 1.82) is 0 Å². The van der Waals surface area contributed by atoms with Crippen molar-refractivity contribution >= 4 is 10.1 Å². The predicted molar refractivity (Wildman–Crippen MR) is 134 cm³/mol. The van der Waals surface area contributed by atoms with Crippen LogP contribution in [0.3, 0.4) is 0 Å². The van der Waals surface area contributed by atoms with Gasteiger partial charge >= 0.3 is 0 Å². The van der Waals surface area contributed by atoms with E-state index in [1.165, 1.54) is 89.9 Å². The summed E-state index contributed by atoms with van der Waals surface area (Å²) in [6.07, 6.45) is 20.3. The molecule has 0 atom stereocenters. The van der Waals surface area contributed by atoms with Crippen LogP contribution >= 0.6 is 0 Å². The molecule has 0 fully saturated rings. The Bertz CT molecular complexity index is 570. The standard InChI is InChI=1S/C18H30O3S.C8H19N/c1-2-3-4-5-6-7-8-9-10-14-17-21-22(19,20)18-15-12-11-13-16-18;1-2-3-4-5-6-7-8-9/h11-13,15-16H,2-10,14,17H2,1H3;2-9H2,1H3. The van der Waals surface area contributed by atoms with E-state index in [0.717, 1.165) is 19.4 Å². The summed E-state index contributed by atoms with van der Waals surface area (Å²) in [6, 6.07) is 8.33. The maximum Gasteiger partial charge on any atom is 0.296 e. The molecule has 0 aliphatic rings. The van der Waals surface area contributed by atoms with Gasteiger partial charge < -0.3 is 5.73 Å². The molecule has 0 spiro atoms. The minimum atomic E-state index is -3.57. The highest BCUT2D eigenvalue weighted by atomic mass is 32.2. The number of unbranched alkanes of at least 4 members (excludes halogenated alkanes) is 14. The fourth-order valence-electron chi connectivity index (χ4n) is 3.34. The molecule has 0 amide bonds. The maximum atomic E-state index is 11.9. The highest BCUT2D eigenvalue weighted by Crippen LogP contribution is 2.13. The zero-order chi connectivity index (χ0) is 23.0.